The molecule has 2 aromatic rings. The van der Waals surface area contributed by atoms with Crippen molar-refractivity contribution in [2.45, 2.75) is 6.42 Å². The van der Waals surface area contributed by atoms with Gasteiger partial charge >= 0.3 is 0 Å². The molecule has 0 saturated heterocycles. The molecule has 0 fully saturated rings. The quantitative estimate of drug-likeness (QED) is 0.654. The fourth-order valence-electron chi connectivity index (χ4n) is 1.31. The van der Waals surface area contributed by atoms with Crippen LogP contribution in [0.1, 0.15) is 5.76 Å². The second kappa shape index (κ2) is 2.83. The smallest absolute Gasteiger partial charge is 0.113 e. The van der Waals surface area contributed by atoms with Gasteiger partial charge in [-0.05, 0) is 13.0 Å². The van der Waals surface area contributed by atoms with Crippen LogP contribution in [0.25, 0.3) is 10.8 Å². The molecular weight excluding hydrogens is 172 g/mol. The molecule has 2 heteroatoms. The fourth-order valence-corrected chi connectivity index (χ4v) is 1.60. The molecule has 61 valence electrons. The first-order chi connectivity index (χ1) is 5.83. The first-order valence-corrected chi connectivity index (χ1v) is 4.14. The van der Waals surface area contributed by atoms with Gasteiger partial charge in [-0.1, -0.05) is 23.7 Å². The topological polar surface area (TPSA) is 13.1 Å². The molecule has 0 aliphatic heterocycles. The zero-order chi connectivity index (χ0) is 8.55. The number of hydrogen-bond donors (Lipinski definition) is 0. The molecule has 1 radical (unpaired) electrons. The van der Waals surface area contributed by atoms with Crippen molar-refractivity contribution in [3.05, 3.63) is 42.2 Å². The van der Waals surface area contributed by atoms with E-state index in [-0.39, 0.29) is 0 Å². The zero-order valence-electron chi connectivity index (χ0n) is 6.51. The molecule has 1 aromatic carbocycles. The van der Waals surface area contributed by atoms with Crippen molar-refractivity contribution < 1.29 is 4.42 Å². The minimum absolute atomic E-state index is 0.632. The Morgan fingerprint density at radius 2 is 2.25 bits per heavy atom. The van der Waals surface area contributed by atoms with Gasteiger partial charge in [0, 0.05) is 17.2 Å². The Balaban J connectivity index is 2.83. The van der Waals surface area contributed by atoms with Gasteiger partial charge in [-0.15, -0.1) is 0 Å². The van der Waals surface area contributed by atoms with Gasteiger partial charge in [0.15, 0.2) is 0 Å². The van der Waals surface area contributed by atoms with E-state index in [4.69, 9.17) is 16.0 Å². The first-order valence-electron chi connectivity index (χ1n) is 3.77. The summed E-state index contributed by atoms with van der Waals surface area (Å²) in [4.78, 5) is 0. The van der Waals surface area contributed by atoms with Crippen LogP contribution in [0.2, 0.25) is 5.02 Å². The molecule has 2 rings (SSSR count). The maximum Gasteiger partial charge on any atom is 0.113 e. The van der Waals surface area contributed by atoms with Crippen LogP contribution in [0.5, 0.6) is 0 Å². The van der Waals surface area contributed by atoms with Crippen LogP contribution in [-0.4, -0.2) is 0 Å². The summed E-state index contributed by atoms with van der Waals surface area (Å²) in [6.07, 6.45) is 2.34. The first kappa shape index (κ1) is 7.69. The molecule has 1 heterocycles. The molecule has 0 spiro atoms. The maximum absolute atomic E-state index is 5.99. The van der Waals surface area contributed by atoms with Crippen LogP contribution in [0.4, 0.5) is 0 Å². The largest absolute Gasteiger partial charge is 0.468 e. The highest BCUT2D eigenvalue weighted by Gasteiger charge is 2.06. The van der Waals surface area contributed by atoms with E-state index in [1.807, 2.05) is 18.2 Å². The van der Waals surface area contributed by atoms with E-state index in [1.54, 1.807) is 6.26 Å². The number of benzene rings is 1. The van der Waals surface area contributed by atoms with Gasteiger partial charge in [-0.3, -0.25) is 0 Å². The van der Waals surface area contributed by atoms with Crippen molar-refractivity contribution in [2.24, 2.45) is 0 Å². The number of halogens is 1. The third-order valence-electron chi connectivity index (χ3n) is 1.88. The maximum atomic E-state index is 5.99. The van der Waals surface area contributed by atoms with E-state index >= 15 is 0 Å². The zero-order valence-corrected chi connectivity index (χ0v) is 7.27. The van der Waals surface area contributed by atoms with E-state index in [2.05, 4.69) is 6.92 Å². The van der Waals surface area contributed by atoms with Crippen molar-refractivity contribution >= 4 is 22.4 Å². The lowest BCUT2D eigenvalue weighted by Gasteiger charge is -1.94. The van der Waals surface area contributed by atoms with Crippen molar-refractivity contribution in [2.75, 3.05) is 0 Å². The van der Waals surface area contributed by atoms with Crippen LogP contribution in [0.3, 0.4) is 0 Å². The third kappa shape index (κ3) is 1.01. The van der Waals surface area contributed by atoms with E-state index in [9.17, 15) is 0 Å². The van der Waals surface area contributed by atoms with Crippen molar-refractivity contribution in [3.63, 3.8) is 0 Å². The Morgan fingerprint density at radius 1 is 1.42 bits per heavy atom. The Morgan fingerprint density at radius 3 is 3.00 bits per heavy atom. The summed E-state index contributed by atoms with van der Waals surface area (Å²) >= 11 is 5.99. The number of furan rings is 1. The lowest BCUT2D eigenvalue weighted by atomic mass is 10.1. The van der Waals surface area contributed by atoms with Crippen LogP contribution < -0.4 is 0 Å². The second-order valence-corrected chi connectivity index (χ2v) is 3.02. The molecule has 0 unspecified atom stereocenters. The van der Waals surface area contributed by atoms with Crippen molar-refractivity contribution in [1.29, 1.82) is 0 Å². The lowest BCUT2D eigenvalue weighted by Crippen LogP contribution is -1.76. The van der Waals surface area contributed by atoms with Crippen molar-refractivity contribution in [1.82, 2.24) is 0 Å². The van der Waals surface area contributed by atoms with Crippen LogP contribution in [0, 0.1) is 6.92 Å². The standard InChI is InChI=1S/C10H8ClO/c1-2-9-10-7(6-12-9)4-3-5-8(10)11/h3-6H,1-2H2. The van der Waals surface area contributed by atoms with Gasteiger partial charge < -0.3 is 4.42 Å². The molecule has 0 saturated carbocycles. The summed E-state index contributed by atoms with van der Waals surface area (Å²) in [7, 11) is 0. The third-order valence-corrected chi connectivity index (χ3v) is 2.19. The predicted molar refractivity (Wildman–Crippen MR) is 50.3 cm³/mol. The molecular formula is C10H8ClO. The van der Waals surface area contributed by atoms with E-state index in [1.165, 1.54) is 0 Å². The summed E-state index contributed by atoms with van der Waals surface area (Å²) in [5, 5.41) is 2.77. The Labute approximate surface area is 75.9 Å². The van der Waals surface area contributed by atoms with Gasteiger partial charge in [-0.25, -0.2) is 0 Å². The molecule has 0 atom stereocenters. The number of hydrogen-bond acceptors (Lipinski definition) is 1. The molecule has 12 heavy (non-hydrogen) atoms. The minimum Gasteiger partial charge on any atom is -0.468 e. The highest BCUT2D eigenvalue weighted by Crippen LogP contribution is 2.28. The highest BCUT2D eigenvalue weighted by atomic mass is 35.5. The average Bonchev–Trinajstić information content (AvgIpc) is 2.49. The average molecular weight is 180 g/mol. The lowest BCUT2D eigenvalue weighted by molar-refractivity contribution is 0.528. The Kier molecular flexibility index (Phi) is 1.81. The molecule has 1 nitrogen and oxygen atoms in total. The summed E-state index contributed by atoms with van der Waals surface area (Å²) in [5.74, 6) is 0.857. The van der Waals surface area contributed by atoms with Gasteiger partial charge in [0.25, 0.3) is 0 Å². The van der Waals surface area contributed by atoms with Gasteiger partial charge in [0.05, 0.1) is 11.3 Å². The Hall–Kier alpha value is -0.950. The summed E-state index contributed by atoms with van der Waals surface area (Å²) in [6.45, 7) is 3.77. The molecule has 0 bridgehead atoms. The highest BCUT2D eigenvalue weighted by molar-refractivity contribution is 6.35. The molecule has 0 aliphatic carbocycles. The summed E-state index contributed by atoms with van der Waals surface area (Å²) in [6, 6.07) is 5.75. The molecule has 0 N–H and O–H groups in total. The SMILES string of the molecule is [CH2]Cc1occ2cccc(Cl)c12. The molecule has 1 aromatic heterocycles. The molecule has 0 aliphatic rings. The van der Waals surface area contributed by atoms with Crippen LogP contribution >= 0.6 is 11.6 Å². The van der Waals surface area contributed by atoms with E-state index in [0.29, 0.717) is 6.42 Å². The summed E-state index contributed by atoms with van der Waals surface area (Å²) < 4.78 is 5.30. The summed E-state index contributed by atoms with van der Waals surface area (Å²) in [5.41, 5.74) is 0. The molecule has 0 amide bonds. The number of rotatable bonds is 1. The normalized spacial score (nSPS) is 10.8. The van der Waals surface area contributed by atoms with E-state index < -0.39 is 0 Å². The van der Waals surface area contributed by atoms with Crippen LogP contribution in [0.15, 0.2) is 28.9 Å². The van der Waals surface area contributed by atoms with Crippen molar-refractivity contribution in [3.8, 4) is 0 Å². The van der Waals surface area contributed by atoms with Crippen LogP contribution in [-0.2, 0) is 6.42 Å². The van der Waals surface area contributed by atoms with Gasteiger partial charge in [0.2, 0.25) is 0 Å². The Bertz CT molecular complexity index is 403. The monoisotopic (exact) mass is 179 g/mol. The van der Waals surface area contributed by atoms with E-state index in [0.717, 1.165) is 21.6 Å². The number of fused-ring (bicyclic) bond motifs is 1. The van der Waals surface area contributed by atoms with Gasteiger partial charge in [0.1, 0.15) is 5.76 Å². The van der Waals surface area contributed by atoms with Gasteiger partial charge in [-0.2, -0.15) is 0 Å². The minimum atomic E-state index is 0.632. The second-order valence-electron chi connectivity index (χ2n) is 2.61. The fraction of sp³-hybridized carbons (Fsp3) is 0.100. The predicted octanol–water partition coefficient (Wildman–Crippen LogP) is 3.46.